The van der Waals surface area contributed by atoms with Gasteiger partial charge in [-0.3, -0.25) is 9.69 Å². The molecule has 4 rings (SSSR count). The maximum Gasteiger partial charge on any atom is 0.335 e. The summed E-state index contributed by atoms with van der Waals surface area (Å²) in [6.07, 6.45) is 1.76. The molecular formula is C28H22IN3O5S. The van der Waals surface area contributed by atoms with Crippen LogP contribution in [-0.2, 0) is 11.4 Å². The van der Waals surface area contributed by atoms with Crippen LogP contribution >= 0.6 is 34.4 Å². The Balaban J connectivity index is 1.60. The van der Waals surface area contributed by atoms with Crippen molar-refractivity contribution in [1.29, 1.82) is 5.26 Å². The molecule has 3 aromatic carbocycles. The third-order valence-corrected chi connectivity index (χ3v) is 7.32. The standard InChI is InChI=1S/C28H22IN3O5S/c1-3-36-23-12-17(11-22(29)25(23)37-16-20-8-5-4-7-19(20)15-30)13-24-26(33)32(2)28(38-24)31-21-10-6-9-18(14-21)27(34)35/h4-14H,3,16H2,1-2H3,(H,34,35). The summed E-state index contributed by atoms with van der Waals surface area (Å²) in [5.41, 5.74) is 2.64. The Morgan fingerprint density at radius 1 is 1.18 bits per heavy atom. The zero-order valence-electron chi connectivity index (χ0n) is 20.5. The molecule has 8 nitrogen and oxygen atoms in total. The van der Waals surface area contributed by atoms with Crippen molar-refractivity contribution in [3.8, 4) is 17.6 Å². The van der Waals surface area contributed by atoms with Crippen molar-refractivity contribution in [3.05, 3.63) is 91.4 Å². The molecule has 1 fully saturated rings. The van der Waals surface area contributed by atoms with E-state index in [0.717, 1.165) is 14.7 Å². The Kier molecular flexibility index (Phi) is 8.70. The van der Waals surface area contributed by atoms with Crippen molar-refractivity contribution in [2.24, 2.45) is 4.99 Å². The first-order chi connectivity index (χ1) is 18.3. The molecule has 192 valence electrons. The maximum absolute atomic E-state index is 12.9. The zero-order chi connectivity index (χ0) is 27.2. The van der Waals surface area contributed by atoms with Gasteiger partial charge >= 0.3 is 5.97 Å². The predicted octanol–water partition coefficient (Wildman–Crippen LogP) is 6.07. The van der Waals surface area contributed by atoms with Crippen LogP contribution in [0.4, 0.5) is 5.69 Å². The number of aliphatic imine (C=N–C) groups is 1. The van der Waals surface area contributed by atoms with Gasteiger partial charge in [0.05, 0.1) is 38.0 Å². The fourth-order valence-corrected chi connectivity index (χ4v) is 5.37. The molecule has 1 aliphatic heterocycles. The van der Waals surface area contributed by atoms with E-state index >= 15 is 0 Å². The SMILES string of the molecule is CCOc1cc(C=C2SC(=Nc3cccc(C(=O)O)c3)N(C)C2=O)cc(I)c1OCc1ccccc1C#N. The topological polar surface area (TPSA) is 112 Å². The number of amidine groups is 1. The van der Waals surface area contributed by atoms with E-state index in [0.29, 0.717) is 39.4 Å². The second-order valence-electron chi connectivity index (χ2n) is 8.05. The second-order valence-corrected chi connectivity index (χ2v) is 10.2. The van der Waals surface area contributed by atoms with Crippen molar-refractivity contribution >= 4 is 63.2 Å². The van der Waals surface area contributed by atoms with E-state index < -0.39 is 5.97 Å². The molecule has 0 spiro atoms. The van der Waals surface area contributed by atoms with Gasteiger partial charge in [-0.15, -0.1) is 0 Å². The van der Waals surface area contributed by atoms with Crippen LogP contribution in [0, 0.1) is 14.9 Å². The van der Waals surface area contributed by atoms with Crippen LogP contribution in [0.5, 0.6) is 11.5 Å². The number of benzene rings is 3. The molecule has 1 heterocycles. The molecular weight excluding hydrogens is 617 g/mol. The molecule has 0 radical (unpaired) electrons. The van der Waals surface area contributed by atoms with Gasteiger partial charge in [0.15, 0.2) is 16.7 Å². The number of carboxylic acids is 1. The molecule has 0 bridgehead atoms. The summed E-state index contributed by atoms with van der Waals surface area (Å²) in [7, 11) is 1.63. The number of nitriles is 1. The van der Waals surface area contributed by atoms with E-state index in [9.17, 15) is 20.0 Å². The number of carbonyl (C=O) groups excluding carboxylic acids is 1. The summed E-state index contributed by atoms with van der Waals surface area (Å²) < 4.78 is 12.7. The monoisotopic (exact) mass is 639 g/mol. The van der Waals surface area contributed by atoms with E-state index in [1.807, 2.05) is 37.3 Å². The van der Waals surface area contributed by atoms with Crippen LogP contribution in [0.2, 0.25) is 0 Å². The summed E-state index contributed by atoms with van der Waals surface area (Å²) in [4.78, 5) is 30.6. The first kappa shape index (κ1) is 27.2. The van der Waals surface area contributed by atoms with E-state index in [-0.39, 0.29) is 18.1 Å². The Hall–Kier alpha value is -3.82. The Bertz CT molecular complexity index is 1510. The average molecular weight is 639 g/mol. The molecule has 3 aromatic rings. The number of thioether (sulfide) groups is 1. The highest BCUT2D eigenvalue weighted by Gasteiger charge is 2.30. The number of hydrogen-bond donors (Lipinski definition) is 1. The normalized spacial score (nSPS) is 15.1. The van der Waals surface area contributed by atoms with Gasteiger partial charge < -0.3 is 14.6 Å². The number of halogens is 1. The number of rotatable bonds is 8. The van der Waals surface area contributed by atoms with Gasteiger partial charge in [0, 0.05) is 12.6 Å². The minimum atomic E-state index is -1.04. The number of hydrogen-bond acceptors (Lipinski definition) is 7. The number of amides is 1. The lowest BCUT2D eigenvalue weighted by atomic mass is 10.1. The Morgan fingerprint density at radius 2 is 1.97 bits per heavy atom. The van der Waals surface area contributed by atoms with Crippen LogP contribution in [-0.4, -0.2) is 40.7 Å². The molecule has 38 heavy (non-hydrogen) atoms. The molecule has 1 N–H and O–H groups in total. The summed E-state index contributed by atoms with van der Waals surface area (Å²) >= 11 is 3.37. The third kappa shape index (κ3) is 6.17. The summed E-state index contributed by atoms with van der Waals surface area (Å²) in [6, 6.07) is 19.4. The van der Waals surface area contributed by atoms with Gasteiger partial charge in [0.25, 0.3) is 5.91 Å². The van der Waals surface area contributed by atoms with Crippen molar-refractivity contribution in [2.45, 2.75) is 13.5 Å². The van der Waals surface area contributed by atoms with E-state index in [1.54, 1.807) is 31.3 Å². The number of aromatic carboxylic acids is 1. The van der Waals surface area contributed by atoms with Crippen LogP contribution in [0.15, 0.2) is 70.6 Å². The van der Waals surface area contributed by atoms with Crippen molar-refractivity contribution < 1.29 is 24.2 Å². The summed E-state index contributed by atoms with van der Waals surface area (Å²) in [6.45, 7) is 2.51. The fraction of sp³-hybridized carbons (Fsp3) is 0.143. The summed E-state index contributed by atoms with van der Waals surface area (Å²) in [5, 5.41) is 19.0. The van der Waals surface area contributed by atoms with Gasteiger partial charge in [-0.05, 0) is 89.3 Å². The van der Waals surface area contributed by atoms with Crippen molar-refractivity contribution in [2.75, 3.05) is 13.7 Å². The van der Waals surface area contributed by atoms with Crippen LogP contribution in [0.1, 0.15) is 34.0 Å². The molecule has 1 saturated heterocycles. The van der Waals surface area contributed by atoms with Gasteiger partial charge in [-0.1, -0.05) is 24.3 Å². The van der Waals surface area contributed by atoms with E-state index in [2.05, 4.69) is 33.7 Å². The molecule has 0 atom stereocenters. The average Bonchev–Trinajstić information content (AvgIpc) is 3.16. The lowest BCUT2D eigenvalue weighted by Crippen LogP contribution is -2.23. The van der Waals surface area contributed by atoms with Gasteiger partial charge in [0.1, 0.15) is 6.61 Å². The molecule has 10 heteroatoms. The Labute approximate surface area is 237 Å². The van der Waals surface area contributed by atoms with E-state index in [4.69, 9.17) is 9.47 Å². The van der Waals surface area contributed by atoms with Gasteiger partial charge in [0.2, 0.25) is 0 Å². The Morgan fingerprint density at radius 3 is 2.71 bits per heavy atom. The smallest absolute Gasteiger partial charge is 0.335 e. The number of ether oxygens (including phenoxy) is 2. The highest BCUT2D eigenvalue weighted by atomic mass is 127. The lowest BCUT2D eigenvalue weighted by molar-refractivity contribution is -0.121. The molecule has 0 unspecified atom stereocenters. The number of nitrogens with zero attached hydrogens (tertiary/aromatic N) is 3. The lowest BCUT2D eigenvalue weighted by Gasteiger charge is -2.15. The minimum Gasteiger partial charge on any atom is -0.490 e. The number of likely N-dealkylation sites (N-methyl/N-ethyl adjacent to an activating group) is 1. The highest BCUT2D eigenvalue weighted by Crippen LogP contribution is 2.38. The number of carbonyl (C=O) groups is 2. The molecule has 1 amide bonds. The second kappa shape index (κ2) is 12.1. The molecule has 0 aromatic heterocycles. The van der Waals surface area contributed by atoms with Crippen LogP contribution in [0.3, 0.4) is 0 Å². The first-order valence-corrected chi connectivity index (χ1v) is 13.4. The molecule has 0 aliphatic carbocycles. The predicted molar refractivity (Wildman–Crippen MR) is 155 cm³/mol. The van der Waals surface area contributed by atoms with Gasteiger partial charge in [-0.25, -0.2) is 9.79 Å². The minimum absolute atomic E-state index is 0.121. The molecule has 0 saturated carbocycles. The van der Waals surface area contributed by atoms with E-state index in [1.165, 1.54) is 28.8 Å². The largest absolute Gasteiger partial charge is 0.490 e. The first-order valence-electron chi connectivity index (χ1n) is 11.5. The maximum atomic E-state index is 12.9. The van der Waals surface area contributed by atoms with Crippen molar-refractivity contribution in [3.63, 3.8) is 0 Å². The highest BCUT2D eigenvalue weighted by molar-refractivity contribution is 14.1. The molecule has 1 aliphatic rings. The van der Waals surface area contributed by atoms with Gasteiger partial charge in [-0.2, -0.15) is 5.26 Å². The third-order valence-electron chi connectivity index (χ3n) is 5.46. The zero-order valence-corrected chi connectivity index (χ0v) is 23.4. The number of carboxylic acid groups (broad SMARTS) is 1. The fourth-order valence-electron chi connectivity index (χ4n) is 3.60. The quantitative estimate of drug-likeness (QED) is 0.235. The van der Waals surface area contributed by atoms with Crippen LogP contribution < -0.4 is 9.47 Å². The van der Waals surface area contributed by atoms with Crippen molar-refractivity contribution in [1.82, 2.24) is 4.90 Å². The van der Waals surface area contributed by atoms with Crippen LogP contribution in [0.25, 0.3) is 6.08 Å². The summed E-state index contributed by atoms with van der Waals surface area (Å²) in [5.74, 6) is -0.170.